The molecular weight excluding hydrogens is 364 g/mol. The molecule has 0 atom stereocenters. The molecule has 2 aromatic carbocycles. The number of anilines is 3. The minimum atomic E-state index is -0.168. The second-order valence-corrected chi connectivity index (χ2v) is 7.29. The fourth-order valence-corrected chi connectivity index (χ4v) is 3.43. The van der Waals surface area contributed by atoms with E-state index in [1.807, 2.05) is 61.6 Å². The standard InChI is InChI=1S/C22H26N6O/c1-23-18-7-3-16(4-8-18)20-15-21(26-25-20)24-22(29)17-5-9-19(10-6-17)28-13-11-27(2)12-14-28/h3-10,15,23H,11-14H2,1-2H3,(H2,24,25,26,29). The number of piperazine rings is 1. The van der Waals surface area contributed by atoms with Crippen LogP contribution in [0.3, 0.4) is 0 Å². The van der Waals surface area contributed by atoms with Crippen LogP contribution < -0.4 is 15.5 Å². The Morgan fingerprint density at radius 1 is 1.00 bits per heavy atom. The number of hydrogen-bond acceptors (Lipinski definition) is 5. The lowest BCUT2D eigenvalue weighted by molar-refractivity contribution is 0.102. The average molecular weight is 390 g/mol. The van der Waals surface area contributed by atoms with Crippen LogP contribution >= 0.6 is 0 Å². The first-order chi connectivity index (χ1) is 14.1. The fraction of sp³-hybridized carbons (Fsp3) is 0.273. The van der Waals surface area contributed by atoms with Crippen molar-refractivity contribution in [2.45, 2.75) is 0 Å². The van der Waals surface area contributed by atoms with Crippen LogP contribution in [0.15, 0.2) is 54.6 Å². The second-order valence-electron chi connectivity index (χ2n) is 7.29. The van der Waals surface area contributed by atoms with E-state index in [0.29, 0.717) is 11.4 Å². The third kappa shape index (κ3) is 4.41. The molecule has 150 valence electrons. The van der Waals surface area contributed by atoms with Crippen LogP contribution in [0.5, 0.6) is 0 Å². The normalized spacial score (nSPS) is 14.6. The summed E-state index contributed by atoms with van der Waals surface area (Å²) in [6, 6.07) is 17.6. The van der Waals surface area contributed by atoms with E-state index in [-0.39, 0.29) is 5.91 Å². The summed E-state index contributed by atoms with van der Waals surface area (Å²) in [4.78, 5) is 17.3. The van der Waals surface area contributed by atoms with Crippen LogP contribution in [0, 0.1) is 0 Å². The molecule has 1 amide bonds. The Labute approximate surface area is 170 Å². The van der Waals surface area contributed by atoms with E-state index in [1.54, 1.807) is 0 Å². The third-order valence-corrected chi connectivity index (χ3v) is 5.30. The van der Waals surface area contributed by atoms with Gasteiger partial charge in [0, 0.05) is 56.2 Å². The summed E-state index contributed by atoms with van der Waals surface area (Å²) in [6.45, 7) is 4.13. The first-order valence-corrected chi connectivity index (χ1v) is 9.81. The molecule has 1 aromatic heterocycles. The Morgan fingerprint density at radius 2 is 1.69 bits per heavy atom. The lowest BCUT2D eigenvalue weighted by atomic mass is 10.1. The molecule has 3 aromatic rings. The van der Waals surface area contributed by atoms with E-state index in [2.05, 4.69) is 37.7 Å². The van der Waals surface area contributed by atoms with Crippen LogP contribution in [0.25, 0.3) is 11.3 Å². The van der Waals surface area contributed by atoms with E-state index in [4.69, 9.17) is 0 Å². The highest BCUT2D eigenvalue weighted by Crippen LogP contribution is 2.22. The van der Waals surface area contributed by atoms with Gasteiger partial charge in [0.05, 0.1) is 5.69 Å². The van der Waals surface area contributed by atoms with E-state index in [0.717, 1.165) is 48.8 Å². The van der Waals surface area contributed by atoms with Gasteiger partial charge >= 0.3 is 0 Å². The van der Waals surface area contributed by atoms with Crippen molar-refractivity contribution in [3.8, 4) is 11.3 Å². The van der Waals surface area contributed by atoms with Crippen molar-refractivity contribution in [3.05, 3.63) is 60.2 Å². The molecule has 0 aliphatic carbocycles. The van der Waals surface area contributed by atoms with Crippen LogP contribution in [0.2, 0.25) is 0 Å². The molecule has 0 bridgehead atoms. The Morgan fingerprint density at radius 3 is 2.34 bits per heavy atom. The number of nitrogens with one attached hydrogen (secondary N) is 3. The quantitative estimate of drug-likeness (QED) is 0.624. The van der Waals surface area contributed by atoms with Crippen LogP contribution in [0.4, 0.5) is 17.2 Å². The SMILES string of the molecule is CNc1ccc(-c2cc(NC(=O)c3ccc(N4CCN(C)CC4)cc3)n[nH]2)cc1. The van der Waals surface area contributed by atoms with Gasteiger partial charge in [0.25, 0.3) is 5.91 Å². The molecule has 0 unspecified atom stereocenters. The largest absolute Gasteiger partial charge is 0.388 e. The van der Waals surface area contributed by atoms with Gasteiger partial charge in [-0.15, -0.1) is 0 Å². The second kappa shape index (κ2) is 8.36. The molecular formula is C22H26N6O. The first-order valence-electron chi connectivity index (χ1n) is 9.81. The van der Waals surface area contributed by atoms with E-state index < -0.39 is 0 Å². The highest BCUT2D eigenvalue weighted by Gasteiger charge is 2.15. The highest BCUT2D eigenvalue weighted by atomic mass is 16.1. The molecule has 1 aliphatic heterocycles. The number of nitrogens with zero attached hydrogens (tertiary/aromatic N) is 3. The molecule has 0 radical (unpaired) electrons. The van der Waals surface area contributed by atoms with Gasteiger partial charge in [-0.3, -0.25) is 9.89 Å². The Kier molecular flexibility index (Phi) is 5.48. The average Bonchev–Trinajstić information content (AvgIpc) is 3.23. The monoisotopic (exact) mass is 390 g/mol. The van der Waals surface area contributed by atoms with E-state index >= 15 is 0 Å². The number of carbonyl (C=O) groups excluding carboxylic acids is 1. The van der Waals surface area contributed by atoms with Crippen molar-refractivity contribution in [2.24, 2.45) is 0 Å². The highest BCUT2D eigenvalue weighted by molar-refractivity contribution is 6.04. The van der Waals surface area contributed by atoms with Gasteiger partial charge in [-0.25, -0.2) is 0 Å². The predicted molar refractivity (Wildman–Crippen MR) is 118 cm³/mol. The van der Waals surface area contributed by atoms with Crippen LogP contribution in [-0.2, 0) is 0 Å². The Hall–Kier alpha value is -3.32. The molecule has 29 heavy (non-hydrogen) atoms. The minimum absolute atomic E-state index is 0.168. The number of aromatic nitrogens is 2. The summed E-state index contributed by atoms with van der Waals surface area (Å²) in [5.41, 5.74) is 4.68. The molecule has 1 saturated heterocycles. The topological polar surface area (TPSA) is 76.3 Å². The molecule has 1 aliphatic rings. The number of benzene rings is 2. The maximum absolute atomic E-state index is 12.6. The smallest absolute Gasteiger partial charge is 0.256 e. The Balaban J connectivity index is 1.39. The number of rotatable bonds is 5. The number of hydrogen-bond donors (Lipinski definition) is 3. The number of likely N-dealkylation sites (N-methyl/N-ethyl adjacent to an activating group) is 1. The molecule has 1 fully saturated rings. The number of H-pyrrole nitrogens is 1. The maximum atomic E-state index is 12.6. The lowest BCUT2D eigenvalue weighted by Crippen LogP contribution is -2.44. The summed E-state index contributed by atoms with van der Waals surface area (Å²) in [5, 5.41) is 13.1. The predicted octanol–water partition coefficient (Wildman–Crippen LogP) is 3.12. The van der Waals surface area contributed by atoms with Gasteiger partial charge < -0.3 is 20.4 Å². The van der Waals surface area contributed by atoms with Gasteiger partial charge in [-0.05, 0) is 49.0 Å². The summed E-state index contributed by atoms with van der Waals surface area (Å²) in [6.07, 6.45) is 0. The minimum Gasteiger partial charge on any atom is -0.388 e. The molecule has 0 spiro atoms. The first kappa shape index (κ1) is 19.0. The summed E-state index contributed by atoms with van der Waals surface area (Å²) < 4.78 is 0. The van der Waals surface area contributed by atoms with Gasteiger partial charge in [0.1, 0.15) is 0 Å². The Bertz CT molecular complexity index is 956. The van der Waals surface area contributed by atoms with Crippen molar-refractivity contribution < 1.29 is 4.79 Å². The van der Waals surface area contributed by atoms with E-state index in [9.17, 15) is 4.79 Å². The molecule has 2 heterocycles. The van der Waals surface area contributed by atoms with Crippen LogP contribution in [-0.4, -0.2) is 61.3 Å². The van der Waals surface area contributed by atoms with Gasteiger partial charge in [0.15, 0.2) is 5.82 Å². The van der Waals surface area contributed by atoms with Crippen molar-refractivity contribution >= 4 is 23.1 Å². The van der Waals surface area contributed by atoms with Gasteiger partial charge in [0.2, 0.25) is 0 Å². The zero-order valence-corrected chi connectivity index (χ0v) is 16.8. The zero-order chi connectivity index (χ0) is 20.2. The molecule has 0 saturated carbocycles. The summed E-state index contributed by atoms with van der Waals surface area (Å²) >= 11 is 0. The fourth-order valence-electron chi connectivity index (χ4n) is 3.43. The zero-order valence-electron chi connectivity index (χ0n) is 16.8. The lowest BCUT2D eigenvalue weighted by Gasteiger charge is -2.34. The van der Waals surface area contributed by atoms with Crippen molar-refractivity contribution in [3.63, 3.8) is 0 Å². The van der Waals surface area contributed by atoms with Gasteiger partial charge in [-0.1, -0.05) is 12.1 Å². The number of amides is 1. The van der Waals surface area contributed by atoms with Crippen molar-refractivity contribution in [2.75, 3.05) is 55.8 Å². The summed E-state index contributed by atoms with van der Waals surface area (Å²) in [5.74, 6) is 0.337. The third-order valence-electron chi connectivity index (χ3n) is 5.30. The molecule has 7 heteroatoms. The maximum Gasteiger partial charge on any atom is 0.256 e. The van der Waals surface area contributed by atoms with Crippen molar-refractivity contribution in [1.82, 2.24) is 15.1 Å². The van der Waals surface area contributed by atoms with E-state index in [1.165, 1.54) is 0 Å². The van der Waals surface area contributed by atoms with Crippen molar-refractivity contribution in [1.29, 1.82) is 0 Å². The van der Waals surface area contributed by atoms with Gasteiger partial charge in [-0.2, -0.15) is 5.10 Å². The number of aromatic amines is 1. The number of carbonyl (C=O) groups is 1. The summed E-state index contributed by atoms with van der Waals surface area (Å²) in [7, 11) is 4.03. The molecule has 4 rings (SSSR count). The van der Waals surface area contributed by atoms with Crippen LogP contribution in [0.1, 0.15) is 10.4 Å². The molecule has 3 N–H and O–H groups in total. The molecule has 7 nitrogen and oxygen atoms in total.